The van der Waals surface area contributed by atoms with Crippen LogP contribution in [0.15, 0.2) is 6.20 Å². The zero-order valence-electron chi connectivity index (χ0n) is 11.2. The number of aromatic nitrogens is 2. The second-order valence-corrected chi connectivity index (χ2v) is 6.28. The monoisotopic (exact) mass is 282 g/mol. The smallest absolute Gasteiger partial charge is 0.273 e. The van der Waals surface area contributed by atoms with Crippen molar-refractivity contribution in [3.63, 3.8) is 0 Å². The number of hydrogen-bond donors (Lipinski definition) is 1. The van der Waals surface area contributed by atoms with E-state index >= 15 is 0 Å². The van der Waals surface area contributed by atoms with Crippen molar-refractivity contribution in [1.29, 1.82) is 0 Å². The molecule has 1 amide bonds. The predicted molar refractivity (Wildman–Crippen MR) is 73.3 cm³/mol. The first-order valence-corrected chi connectivity index (χ1v) is 7.14. The van der Waals surface area contributed by atoms with Gasteiger partial charge >= 0.3 is 0 Å². The summed E-state index contributed by atoms with van der Waals surface area (Å²) in [7, 11) is 2.16. The summed E-state index contributed by atoms with van der Waals surface area (Å²) in [6, 6.07) is 0. The molecule has 2 aliphatic heterocycles. The number of carbonyl (C=O) groups excluding carboxylic acids is 1. The molecule has 19 heavy (non-hydrogen) atoms. The molecule has 0 aliphatic carbocycles. The Balaban J connectivity index is 1.69. The van der Waals surface area contributed by atoms with Gasteiger partial charge in [0.25, 0.3) is 5.91 Å². The minimum absolute atomic E-state index is 0.0155. The van der Waals surface area contributed by atoms with Crippen molar-refractivity contribution in [2.45, 2.75) is 19.3 Å². The van der Waals surface area contributed by atoms with Crippen molar-refractivity contribution in [3.05, 3.63) is 16.9 Å². The quantitative estimate of drug-likeness (QED) is 0.852. The Bertz CT molecular complexity index is 479. The van der Waals surface area contributed by atoms with Crippen molar-refractivity contribution in [3.8, 4) is 0 Å². The Morgan fingerprint density at radius 2 is 2.05 bits per heavy atom. The van der Waals surface area contributed by atoms with Gasteiger partial charge in [0.05, 0.1) is 11.2 Å². The topological polar surface area (TPSA) is 52.2 Å². The number of halogens is 1. The van der Waals surface area contributed by atoms with Gasteiger partial charge in [-0.15, -0.1) is 0 Å². The molecule has 2 fully saturated rings. The van der Waals surface area contributed by atoms with Gasteiger partial charge in [0.2, 0.25) is 0 Å². The molecule has 5 nitrogen and oxygen atoms in total. The SMILES string of the molecule is CN1CCC2(CC1)CCN(C(=O)c1[nH]ncc1Cl)C2. The number of nitrogens with one attached hydrogen (secondary N) is 1. The van der Waals surface area contributed by atoms with Gasteiger partial charge in [-0.25, -0.2) is 0 Å². The van der Waals surface area contributed by atoms with E-state index in [4.69, 9.17) is 11.6 Å². The Hall–Kier alpha value is -1.07. The molecule has 0 bridgehead atoms. The number of hydrogen-bond acceptors (Lipinski definition) is 3. The molecule has 1 aromatic rings. The van der Waals surface area contributed by atoms with Crippen molar-refractivity contribution in [2.24, 2.45) is 5.41 Å². The Morgan fingerprint density at radius 1 is 1.37 bits per heavy atom. The van der Waals surface area contributed by atoms with Crippen LogP contribution >= 0.6 is 11.6 Å². The summed E-state index contributed by atoms with van der Waals surface area (Å²) >= 11 is 5.96. The van der Waals surface area contributed by atoms with Gasteiger partial charge < -0.3 is 9.80 Å². The molecule has 1 aromatic heterocycles. The van der Waals surface area contributed by atoms with Crippen LogP contribution < -0.4 is 0 Å². The highest BCUT2D eigenvalue weighted by molar-refractivity contribution is 6.33. The third kappa shape index (κ3) is 2.37. The van der Waals surface area contributed by atoms with E-state index in [0.29, 0.717) is 16.1 Å². The number of piperidine rings is 1. The van der Waals surface area contributed by atoms with Crippen LogP contribution in [0.25, 0.3) is 0 Å². The van der Waals surface area contributed by atoms with E-state index in [2.05, 4.69) is 22.1 Å². The van der Waals surface area contributed by atoms with Crippen molar-refractivity contribution in [2.75, 3.05) is 33.2 Å². The van der Waals surface area contributed by atoms with Gasteiger partial charge in [0.1, 0.15) is 5.69 Å². The molecule has 2 aliphatic rings. The van der Waals surface area contributed by atoms with Gasteiger partial charge in [-0.1, -0.05) is 11.6 Å². The fourth-order valence-corrected chi connectivity index (χ4v) is 3.36. The maximum absolute atomic E-state index is 12.4. The highest BCUT2D eigenvalue weighted by Crippen LogP contribution is 2.40. The van der Waals surface area contributed by atoms with Crippen LogP contribution in [0, 0.1) is 5.41 Å². The van der Waals surface area contributed by atoms with Gasteiger partial charge in [-0.3, -0.25) is 9.89 Å². The summed E-state index contributed by atoms with van der Waals surface area (Å²) in [5.74, 6) is -0.0155. The molecule has 3 heterocycles. The highest BCUT2D eigenvalue weighted by Gasteiger charge is 2.42. The minimum Gasteiger partial charge on any atom is -0.337 e. The molecule has 3 rings (SSSR count). The van der Waals surface area contributed by atoms with Crippen molar-refractivity contribution in [1.82, 2.24) is 20.0 Å². The molecule has 0 atom stereocenters. The number of amides is 1. The Morgan fingerprint density at radius 3 is 2.68 bits per heavy atom. The minimum atomic E-state index is -0.0155. The van der Waals surface area contributed by atoms with Crippen LogP contribution in [0.4, 0.5) is 0 Å². The molecule has 104 valence electrons. The molecule has 2 saturated heterocycles. The van der Waals surface area contributed by atoms with Crippen molar-refractivity contribution < 1.29 is 4.79 Å². The number of H-pyrrole nitrogens is 1. The van der Waals surface area contributed by atoms with Crippen LogP contribution in [0.5, 0.6) is 0 Å². The molecule has 1 N–H and O–H groups in total. The highest BCUT2D eigenvalue weighted by atomic mass is 35.5. The lowest BCUT2D eigenvalue weighted by molar-refractivity contribution is 0.0731. The third-order valence-electron chi connectivity index (χ3n) is 4.58. The molecular formula is C13H19ClN4O. The second kappa shape index (κ2) is 4.80. The molecule has 0 saturated carbocycles. The van der Waals surface area contributed by atoms with Gasteiger partial charge in [0.15, 0.2) is 0 Å². The fraction of sp³-hybridized carbons (Fsp3) is 0.692. The Labute approximate surface area is 117 Å². The predicted octanol–water partition coefficient (Wildman–Crippen LogP) is 1.62. The molecular weight excluding hydrogens is 264 g/mol. The fourth-order valence-electron chi connectivity index (χ4n) is 3.19. The van der Waals surface area contributed by atoms with Crippen LogP contribution in [-0.2, 0) is 0 Å². The van der Waals surface area contributed by atoms with E-state index < -0.39 is 0 Å². The normalized spacial score (nSPS) is 23.2. The number of carbonyl (C=O) groups is 1. The summed E-state index contributed by atoms with van der Waals surface area (Å²) in [4.78, 5) is 16.7. The largest absolute Gasteiger partial charge is 0.337 e. The van der Waals surface area contributed by atoms with E-state index in [1.807, 2.05) is 4.90 Å². The number of aromatic amines is 1. The van der Waals surface area contributed by atoms with Crippen LogP contribution in [-0.4, -0.2) is 59.1 Å². The summed E-state index contributed by atoms with van der Waals surface area (Å²) in [5.41, 5.74) is 0.751. The lowest BCUT2D eigenvalue weighted by Gasteiger charge is -2.37. The molecule has 0 unspecified atom stereocenters. The third-order valence-corrected chi connectivity index (χ3v) is 4.87. The zero-order valence-corrected chi connectivity index (χ0v) is 11.9. The van der Waals surface area contributed by atoms with E-state index in [-0.39, 0.29) is 5.91 Å². The van der Waals surface area contributed by atoms with Gasteiger partial charge in [0, 0.05) is 13.1 Å². The summed E-state index contributed by atoms with van der Waals surface area (Å²) in [6.07, 6.45) is 4.96. The number of likely N-dealkylation sites (tertiary alicyclic amines) is 2. The summed E-state index contributed by atoms with van der Waals surface area (Å²) < 4.78 is 0. The zero-order chi connectivity index (χ0) is 13.5. The first kappa shape index (κ1) is 12.9. The standard InChI is InChI=1S/C13H19ClN4O/c1-17-5-2-13(3-6-17)4-7-18(9-13)12(19)11-10(14)8-15-16-11/h8H,2-7,9H2,1H3,(H,15,16). The summed E-state index contributed by atoms with van der Waals surface area (Å²) in [5, 5.41) is 6.93. The lowest BCUT2D eigenvalue weighted by Crippen LogP contribution is -2.40. The molecule has 1 spiro atoms. The molecule has 0 aromatic carbocycles. The maximum Gasteiger partial charge on any atom is 0.273 e. The maximum atomic E-state index is 12.4. The van der Waals surface area contributed by atoms with E-state index in [0.717, 1.165) is 32.6 Å². The van der Waals surface area contributed by atoms with Crippen LogP contribution in [0.3, 0.4) is 0 Å². The molecule has 0 radical (unpaired) electrons. The average molecular weight is 283 g/mol. The van der Waals surface area contributed by atoms with Gasteiger partial charge in [-0.2, -0.15) is 5.10 Å². The first-order chi connectivity index (χ1) is 9.10. The first-order valence-electron chi connectivity index (χ1n) is 6.76. The molecule has 6 heteroatoms. The Kier molecular flexibility index (Phi) is 3.27. The van der Waals surface area contributed by atoms with E-state index in [1.165, 1.54) is 19.0 Å². The number of nitrogens with zero attached hydrogens (tertiary/aromatic N) is 3. The van der Waals surface area contributed by atoms with Gasteiger partial charge in [-0.05, 0) is 44.8 Å². The lowest BCUT2D eigenvalue weighted by atomic mass is 9.78. The van der Waals surface area contributed by atoms with Crippen LogP contribution in [0.1, 0.15) is 29.8 Å². The second-order valence-electron chi connectivity index (χ2n) is 5.87. The van der Waals surface area contributed by atoms with E-state index in [9.17, 15) is 4.79 Å². The van der Waals surface area contributed by atoms with E-state index in [1.54, 1.807) is 0 Å². The summed E-state index contributed by atoms with van der Waals surface area (Å²) in [6.45, 7) is 3.95. The average Bonchev–Trinajstić information content (AvgIpc) is 3.00. The number of rotatable bonds is 1. The van der Waals surface area contributed by atoms with Crippen LogP contribution in [0.2, 0.25) is 5.02 Å². The van der Waals surface area contributed by atoms with Crippen molar-refractivity contribution >= 4 is 17.5 Å².